The Kier molecular flexibility index (Phi) is 5.70. The molecule has 3 aromatic rings. The van der Waals surface area contributed by atoms with Gasteiger partial charge in [0.25, 0.3) is 0 Å². The minimum atomic E-state index is -0.0743. The van der Waals surface area contributed by atoms with E-state index < -0.39 is 0 Å². The molecule has 2 aromatic heterocycles. The van der Waals surface area contributed by atoms with Gasteiger partial charge in [-0.2, -0.15) is 0 Å². The second-order valence-corrected chi connectivity index (χ2v) is 7.86. The smallest absolute Gasteiger partial charge is 0.234 e. The fourth-order valence-electron chi connectivity index (χ4n) is 2.07. The maximum atomic E-state index is 12.1. The number of hydrogen-bond donors (Lipinski definition) is 1. The molecule has 1 aromatic carbocycles. The highest BCUT2D eigenvalue weighted by Crippen LogP contribution is 2.23. The molecular formula is C16H15BrN4OS2. The number of rotatable bonds is 6. The summed E-state index contributed by atoms with van der Waals surface area (Å²) in [6, 6.07) is 11.6. The first-order valence-corrected chi connectivity index (χ1v) is 9.87. The van der Waals surface area contributed by atoms with Crippen molar-refractivity contribution in [2.75, 3.05) is 11.1 Å². The van der Waals surface area contributed by atoms with Crippen LogP contribution < -0.4 is 5.32 Å². The highest BCUT2D eigenvalue weighted by molar-refractivity contribution is 9.10. The van der Waals surface area contributed by atoms with Gasteiger partial charge >= 0.3 is 0 Å². The summed E-state index contributed by atoms with van der Waals surface area (Å²) in [5.41, 5.74) is 0.763. The maximum Gasteiger partial charge on any atom is 0.234 e. The number of carbonyl (C=O) groups is 1. The molecule has 0 aliphatic heterocycles. The van der Waals surface area contributed by atoms with Gasteiger partial charge in [0.1, 0.15) is 5.82 Å². The summed E-state index contributed by atoms with van der Waals surface area (Å²) in [5.74, 6) is 1.10. The van der Waals surface area contributed by atoms with Crippen molar-refractivity contribution in [3.05, 3.63) is 57.0 Å². The SMILES string of the molecule is Cn1c(Cc2cccs2)nnc1SCC(=O)Nc1ccccc1Br. The van der Waals surface area contributed by atoms with Crippen LogP contribution in [0, 0.1) is 0 Å². The number of amides is 1. The number of thiophene rings is 1. The highest BCUT2D eigenvalue weighted by atomic mass is 79.9. The molecule has 0 fully saturated rings. The molecule has 1 amide bonds. The van der Waals surface area contributed by atoms with E-state index in [1.807, 2.05) is 47.3 Å². The molecule has 5 nitrogen and oxygen atoms in total. The summed E-state index contributed by atoms with van der Waals surface area (Å²) >= 11 is 6.50. The predicted molar refractivity (Wildman–Crippen MR) is 102 cm³/mol. The van der Waals surface area contributed by atoms with Crippen LogP contribution in [0.2, 0.25) is 0 Å². The summed E-state index contributed by atoms with van der Waals surface area (Å²) in [6.07, 6.45) is 0.755. The summed E-state index contributed by atoms with van der Waals surface area (Å²) in [6.45, 7) is 0. The number of benzene rings is 1. The average molecular weight is 423 g/mol. The van der Waals surface area contributed by atoms with Gasteiger partial charge in [-0.25, -0.2) is 0 Å². The lowest BCUT2D eigenvalue weighted by Gasteiger charge is -2.07. The maximum absolute atomic E-state index is 12.1. The Morgan fingerprint density at radius 1 is 1.29 bits per heavy atom. The van der Waals surface area contributed by atoms with Crippen molar-refractivity contribution < 1.29 is 4.79 Å². The van der Waals surface area contributed by atoms with E-state index in [9.17, 15) is 4.79 Å². The third-order valence-corrected chi connectivity index (χ3v) is 5.91. The molecule has 0 spiro atoms. The van der Waals surface area contributed by atoms with E-state index in [0.29, 0.717) is 0 Å². The summed E-state index contributed by atoms with van der Waals surface area (Å²) < 4.78 is 2.80. The molecule has 0 aliphatic rings. The van der Waals surface area contributed by atoms with Crippen molar-refractivity contribution >= 4 is 50.6 Å². The van der Waals surface area contributed by atoms with Gasteiger partial charge < -0.3 is 9.88 Å². The number of carbonyl (C=O) groups excluding carboxylic acids is 1. The largest absolute Gasteiger partial charge is 0.324 e. The Bertz CT molecular complexity index is 832. The Labute approximate surface area is 156 Å². The third kappa shape index (κ3) is 4.25. The number of thioether (sulfide) groups is 1. The summed E-state index contributed by atoms with van der Waals surface area (Å²) in [5, 5.41) is 14.1. The molecule has 3 rings (SSSR count). The number of nitrogens with one attached hydrogen (secondary N) is 1. The van der Waals surface area contributed by atoms with Crippen LogP contribution in [0.1, 0.15) is 10.7 Å². The summed E-state index contributed by atoms with van der Waals surface area (Å²) in [7, 11) is 1.93. The van der Waals surface area contributed by atoms with E-state index in [4.69, 9.17) is 0 Å². The molecular weight excluding hydrogens is 408 g/mol. The van der Waals surface area contributed by atoms with Gasteiger partial charge in [-0.3, -0.25) is 4.79 Å². The lowest BCUT2D eigenvalue weighted by atomic mass is 10.3. The molecule has 8 heteroatoms. The van der Waals surface area contributed by atoms with Gasteiger partial charge in [0, 0.05) is 22.8 Å². The molecule has 0 atom stereocenters. The standard InChI is InChI=1S/C16H15BrN4OS2/c1-21-14(9-11-5-4-8-23-11)19-20-16(21)24-10-15(22)18-13-7-3-2-6-12(13)17/h2-8H,9-10H2,1H3,(H,18,22). The van der Waals surface area contributed by atoms with Crippen LogP contribution in [0.5, 0.6) is 0 Å². The van der Waals surface area contributed by atoms with Crippen molar-refractivity contribution in [2.24, 2.45) is 7.05 Å². The fourth-order valence-corrected chi connectivity index (χ4v) is 3.89. The van der Waals surface area contributed by atoms with E-state index >= 15 is 0 Å². The molecule has 1 N–H and O–H groups in total. The minimum absolute atomic E-state index is 0.0743. The Morgan fingerprint density at radius 3 is 2.88 bits per heavy atom. The lowest BCUT2D eigenvalue weighted by Crippen LogP contribution is -2.14. The monoisotopic (exact) mass is 422 g/mol. The van der Waals surface area contributed by atoms with Crippen LogP contribution in [0.25, 0.3) is 0 Å². The van der Waals surface area contributed by atoms with Crippen molar-refractivity contribution in [1.29, 1.82) is 0 Å². The molecule has 0 saturated carbocycles. The second kappa shape index (κ2) is 7.96. The first kappa shape index (κ1) is 17.2. The Hall–Kier alpha value is -1.64. The number of hydrogen-bond acceptors (Lipinski definition) is 5. The van der Waals surface area contributed by atoms with Gasteiger partial charge in [0.05, 0.1) is 11.4 Å². The number of anilines is 1. The Balaban J connectivity index is 1.58. The van der Waals surface area contributed by atoms with E-state index in [-0.39, 0.29) is 11.7 Å². The average Bonchev–Trinajstić information content (AvgIpc) is 3.19. The van der Waals surface area contributed by atoms with Crippen molar-refractivity contribution in [3.63, 3.8) is 0 Å². The van der Waals surface area contributed by atoms with E-state index in [0.717, 1.165) is 27.6 Å². The van der Waals surface area contributed by atoms with E-state index in [2.05, 4.69) is 37.5 Å². The fraction of sp³-hybridized carbons (Fsp3) is 0.188. The minimum Gasteiger partial charge on any atom is -0.324 e. The molecule has 0 saturated heterocycles. The van der Waals surface area contributed by atoms with Gasteiger partial charge in [-0.1, -0.05) is 30.0 Å². The zero-order valence-corrected chi connectivity index (χ0v) is 16.1. The van der Waals surface area contributed by atoms with E-state index in [1.54, 1.807) is 11.3 Å². The Morgan fingerprint density at radius 2 is 2.12 bits per heavy atom. The molecule has 124 valence electrons. The van der Waals surface area contributed by atoms with E-state index in [1.165, 1.54) is 16.6 Å². The van der Waals surface area contributed by atoms with Crippen LogP contribution in [0.15, 0.2) is 51.4 Å². The van der Waals surface area contributed by atoms with Gasteiger partial charge in [0.15, 0.2) is 5.16 Å². The zero-order valence-electron chi connectivity index (χ0n) is 12.9. The number of halogens is 1. The molecule has 0 unspecified atom stereocenters. The van der Waals surface area contributed by atoms with Gasteiger partial charge in [-0.05, 0) is 39.5 Å². The van der Waals surface area contributed by atoms with Crippen molar-refractivity contribution in [2.45, 2.75) is 11.6 Å². The normalized spacial score (nSPS) is 10.8. The molecule has 2 heterocycles. The number of para-hydroxylation sites is 1. The van der Waals surface area contributed by atoms with Gasteiger partial charge in [0.2, 0.25) is 5.91 Å². The zero-order chi connectivity index (χ0) is 16.9. The molecule has 0 bridgehead atoms. The number of aromatic nitrogens is 3. The lowest BCUT2D eigenvalue weighted by molar-refractivity contribution is -0.113. The van der Waals surface area contributed by atoms with Gasteiger partial charge in [-0.15, -0.1) is 21.5 Å². The molecule has 0 aliphatic carbocycles. The van der Waals surface area contributed by atoms with Crippen LogP contribution in [0.4, 0.5) is 5.69 Å². The highest BCUT2D eigenvalue weighted by Gasteiger charge is 2.13. The first-order chi connectivity index (χ1) is 11.6. The molecule has 24 heavy (non-hydrogen) atoms. The molecule has 0 radical (unpaired) electrons. The van der Waals surface area contributed by atoms with Crippen molar-refractivity contribution in [3.8, 4) is 0 Å². The van der Waals surface area contributed by atoms with Crippen LogP contribution in [-0.2, 0) is 18.3 Å². The summed E-state index contributed by atoms with van der Waals surface area (Å²) in [4.78, 5) is 13.3. The topological polar surface area (TPSA) is 59.8 Å². The second-order valence-electron chi connectivity index (χ2n) is 5.03. The van der Waals surface area contributed by atoms with Crippen molar-refractivity contribution in [1.82, 2.24) is 14.8 Å². The van der Waals surface area contributed by atoms with Crippen LogP contribution in [0.3, 0.4) is 0 Å². The quantitative estimate of drug-likeness (QED) is 0.610. The third-order valence-electron chi connectivity index (χ3n) is 3.32. The van der Waals surface area contributed by atoms with Crippen LogP contribution >= 0.6 is 39.0 Å². The number of nitrogens with zero attached hydrogens (tertiary/aromatic N) is 3. The predicted octanol–water partition coefficient (Wildman–Crippen LogP) is 3.96. The first-order valence-electron chi connectivity index (χ1n) is 7.21. The van der Waals surface area contributed by atoms with Crippen LogP contribution in [-0.4, -0.2) is 26.4 Å².